The molecule has 3 rings (SSSR count). The fraction of sp³-hybridized carbons (Fsp3) is 0.391. The highest BCUT2D eigenvalue weighted by Gasteiger charge is 2.13. The molecule has 1 amide bonds. The maximum Gasteiger partial charge on any atom is 0.328 e. The molecule has 0 radical (unpaired) electrons. The van der Waals surface area contributed by atoms with Crippen molar-refractivity contribution in [2.75, 3.05) is 6.54 Å². The van der Waals surface area contributed by atoms with Crippen molar-refractivity contribution in [3.63, 3.8) is 0 Å². The molecule has 0 unspecified atom stereocenters. The number of para-hydroxylation sites is 2. The van der Waals surface area contributed by atoms with E-state index < -0.39 is 0 Å². The van der Waals surface area contributed by atoms with Crippen LogP contribution in [0.25, 0.3) is 11.0 Å². The van der Waals surface area contributed by atoms with Gasteiger partial charge >= 0.3 is 5.69 Å². The predicted octanol–water partition coefficient (Wildman–Crippen LogP) is 3.39. The number of carbonyl (C=O) groups is 1. The number of rotatable bonds is 6. The Balaban J connectivity index is 1.52. The average molecular weight is 380 g/mol. The van der Waals surface area contributed by atoms with Gasteiger partial charge in [0.05, 0.1) is 11.0 Å². The highest BCUT2D eigenvalue weighted by Crippen LogP contribution is 2.22. The van der Waals surface area contributed by atoms with Crippen LogP contribution >= 0.6 is 0 Å². The molecule has 1 aromatic heterocycles. The van der Waals surface area contributed by atoms with E-state index in [4.69, 9.17) is 0 Å². The van der Waals surface area contributed by atoms with Crippen LogP contribution in [0.2, 0.25) is 0 Å². The number of nitrogens with zero attached hydrogens (tertiary/aromatic N) is 2. The number of hydrogen-bond acceptors (Lipinski definition) is 2. The summed E-state index contributed by atoms with van der Waals surface area (Å²) in [5, 5.41) is 2.93. The van der Waals surface area contributed by atoms with Gasteiger partial charge in [0.15, 0.2) is 0 Å². The van der Waals surface area contributed by atoms with Gasteiger partial charge in [-0.15, -0.1) is 0 Å². The van der Waals surface area contributed by atoms with Crippen LogP contribution in [0.1, 0.15) is 38.3 Å². The minimum atomic E-state index is -0.0608. The maximum absolute atomic E-state index is 12.4. The molecule has 0 aliphatic rings. The second kappa shape index (κ2) is 8.05. The first-order chi connectivity index (χ1) is 13.3. The third kappa shape index (κ3) is 4.35. The number of aromatic nitrogens is 2. The van der Waals surface area contributed by atoms with Crippen molar-refractivity contribution in [3.8, 4) is 0 Å². The standard InChI is InChI=1S/C23H29N3O2/c1-23(2,3)18-12-9-17(10-13-18)11-14-21(27)24-15-16-26-20-8-6-5-7-19(20)25(4)22(26)28/h5-10,12-13H,11,14-16H2,1-4H3,(H,24,27). The summed E-state index contributed by atoms with van der Waals surface area (Å²) in [7, 11) is 1.77. The molecule has 0 atom stereocenters. The number of carbonyl (C=O) groups excluding carboxylic acids is 1. The highest BCUT2D eigenvalue weighted by molar-refractivity contribution is 5.77. The van der Waals surface area contributed by atoms with Crippen molar-refractivity contribution in [3.05, 3.63) is 70.1 Å². The Bertz CT molecular complexity index is 1020. The van der Waals surface area contributed by atoms with Gasteiger partial charge in [-0.25, -0.2) is 4.79 Å². The predicted molar refractivity (Wildman–Crippen MR) is 114 cm³/mol. The van der Waals surface area contributed by atoms with Crippen LogP contribution in [-0.2, 0) is 30.2 Å². The summed E-state index contributed by atoms with van der Waals surface area (Å²) in [4.78, 5) is 24.6. The normalized spacial score (nSPS) is 11.7. The summed E-state index contributed by atoms with van der Waals surface area (Å²) in [5.41, 5.74) is 4.32. The Kier molecular flexibility index (Phi) is 5.73. The number of benzene rings is 2. The van der Waals surface area contributed by atoms with Gasteiger partial charge in [0.2, 0.25) is 5.91 Å². The third-order valence-electron chi connectivity index (χ3n) is 5.17. The van der Waals surface area contributed by atoms with Crippen LogP contribution in [0.15, 0.2) is 53.3 Å². The van der Waals surface area contributed by atoms with Gasteiger partial charge in [0.25, 0.3) is 0 Å². The topological polar surface area (TPSA) is 56.0 Å². The zero-order valence-corrected chi connectivity index (χ0v) is 17.2. The van der Waals surface area contributed by atoms with Crippen molar-refractivity contribution in [2.45, 2.75) is 45.6 Å². The number of aryl methyl sites for hydroxylation is 2. The molecule has 2 aromatic carbocycles. The van der Waals surface area contributed by atoms with Crippen LogP contribution < -0.4 is 11.0 Å². The first-order valence-electron chi connectivity index (χ1n) is 9.78. The van der Waals surface area contributed by atoms with Gasteiger partial charge in [-0.3, -0.25) is 13.9 Å². The second-order valence-corrected chi connectivity index (χ2v) is 8.28. The van der Waals surface area contributed by atoms with Gasteiger partial charge in [-0.2, -0.15) is 0 Å². The first-order valence-corrected chi connectivity index (χ1v) is 9.78. The van der Waals surface area contributed by atoms with E-state index >= 15 is 0 Å². The molecule has 148 valence electrons. The fourth-order valence-corrected chi connectivity index (χ4v) is 3.40. The summed E-state index contributed by atoms with van der Waals surface area (Å²) in [6, 6.07) is 16.2. The van der Waals surface area contributed by atoms with Crippen LogP contribution in [0.3, 0.4) is 0 Å². The Hall–Kier alpha value is -2.82. The van der Waals surface area contributed by atoms with E-state index in [1.165, 1.54) is 5.56 Å². The van der Waals surface area contributed by atoms with E-state index in [0.717, 1.165) is 16.6 Å². The molecular weight excluding hydrogens is 350 g/mol. The highest BCUT2D eigenvalue weighted by atomic mass is 16.2. The SMILES string of the molecule is Cn1c(=O)n(CCNC(=O)CCc2ccc(C(C)(C)C)cc2)c2ccccc21. The monoisotopic (exact) mass is 379 g/mol. The lowest BCUT2D eigenvalue weighted by Gasteiger charge is -2.19. The summed E-state index contributed by atoms with van der Waals surface area (Å²) >= 11 is 0. The zero-order chi connectivity index (χ0) is 20.3. The lowest BCUT2D eigenvalue weighted by atomic mass is 9.86. The van der Waals surface area contributed by atoms with Crippen molar-refractivity contribution in [2.24, 2.45) is 7.05 Å². The van der Waals surface area contributed by atoms with E-state index in [1.54, 1.807) is 16.2 Å². The van der Waals surface area contributed by atoms with E-state index in [-0.39, 0.29) is 17.0 Å². The summed E-state index contributed by atoms with van der Waals surface area (Å²) < 4.78 is 3.35. The van der Waals surface area contributed by atoms with Crippen molar-refractivity contribution < 1.29 is 4.79 Å². The van der Waals surface area contributed by atoms with Crippen molar-refractivity contribution >= 4 is 16.9 Å². The number of nitrogens with one attached hydrogen (secondary N) is 1. The Labute approximate surface area is 166 Å². The van der Waals surface area contributed by atoms with Crippen LogP contribution in [-0.4, -0.2) is 21.6 Å². The molecule has 0 saturated carbocycles. The van der Waals surface area contributed by atoms with Crippen molar-refractivity contribution in [1.82, 2.24) is 14.5 Å². The molecular formula is C23H29N3O2. The van der Waals surface area contributed by atoms with Gasteiger partial charge in [-0.05, 0) is 35.1 Å². The lowest BCUT2D eigenvalue weighted by molar-refractivity contribution is -0.121. The van der Waals surface area contributed by atoms with Crippen molar-refractivity contribution in [1.29, 1.82) is 0 Å². The number of imidazole rings is 1. The Morgan fingerprint density at radius 2 is 1.64 bits per heavy atom. The largest absolute Gasteiger partial charge is 0.354 e. The van der Waals surface area contributed by atoms with Crippen LogP contribution in [0, 0.1) is 0 Å². The van der Waals surface area contributed by atoms with Crippen LogP contribution in [0.4, 0.5) is 0 Å². The van der Waals surface area contributed by atoms with Gasteiger partial charge in [0, 0.05) is 26.6 Å². The first kappa shape index (κ1) is 19.9. The average Bonchev–Trinajstić information content (AvgIpc) is 2.91. The third-order valence-corrected chi connectivity index (χ3v) is 5.17. The van der Waals surface area contributed by atoms with Gasteiger partial charge in [-0.1, -0.05) is 57.2 Å². The molecule has 5 heteroatoms. The second-order valence-electron chi connectivity index (χ2n) is 8.28. The molecule has 0 spiro atoms. The van der Waals surface area contributed by atoms with Crippen LogP contribution in [0.5, 0.6) is 0 Å². The van der Waals surface area contributed by atoms with E-state index in [2.05, 4.69) is 50.4 Å². The molecule has 1 heterocycles. The number of amides is 1. The molecule has 0 aliphatic heterocycles. The smallest absolute Gasteiger partial charge is 0.328 e. The van der Waals surface area contributed by atoms with Gasteiger partial charge in [0.1, 0.15) is 0 Å². The van der Waals surface area contributed by atoms with Gasteiger partial charge < -0.3 is 5.32 Å². The zero-order valence-electron chi connectivity index (χ0n) is 17.2. The quantitative estimate of drug-likeness (QED) is 0.714. The molecule has 0 bridgehead atoms. The molecule has 1 N–H and O–H groups in total. The Morgan fingerprint density at radius 3 is 2.29 bits per heavy atom. The molecule has 5 nitrogen and oxygen atoms in total. The fourth-order valence-electron chi connectivity index (χ4n) is 3.40. The molecule has 0 saturated heterocycles. The number of fused-ring (bicyclic) bond motifs is 1. The summed E-state index contributed by atoms with van der Waals surface area (Å²) in [6.07, 6.45) is 1.16. The minimum absolute atomic E-state index is 0.00758. The molecule has 3 aromatic rings. The molecule has 0 aliphatic carbocycles. The van der Waals surface area contributed by atoms with E-state index in [9.17, 15) is 9.59 Å². The minimum Gasteiger partial charge on any atom is -0.354 e. The summed E-state index contributed by atoms with van der Waals surface area (Å²) in [6.45, 7) is 7.48. The molecule has 0 fully saturated rings. The Morgan fingerprint density at radius 1 is 1.00 bits per heavy atom. The maximum atomic E-state index is 12.4. The summed E-state index contributed by atoms with van der Waals surface area (Å²) in [5.74, 6) is 0.00758. The lowest BCUT2D eigenvalue weighted by Crippen LogP contribution is -2.31. The number of hydrogen-bond donors (Lipinski definition) is 1. The molecule has 28 heavy (non-hydrogen) atoms. The van der Waals surface area contributed by atoms with E-state index in [1.807, 2.05) is 24.3 Å². The van der Waals surface area contributed by atoms with E-state index in [0.29, 0.717) is 25.9 Å².